The van der Waals surface area contributed by atoms with Crippen molar-refractivity contribution in [2.75, 3.05) is 19.6 Å². The summed E-state index contributed by atoms with van der Waals surface area (Å²) in [6.07, 6.45) is 0. The average Bonchev–Trinajstić information content (AvgIpc) is 2.93. The first-order valence-corrected chi connectivity index (χ1v) is 10.9. The van der Waals surface area contributed by atoms with Gasteiger partial charge in [0.1, 0.15) is 4.87 Å². The number of fused-ring (bicyclic) bond motifs is 1. The summed E-state index contributed by atoms with van der Waals surface area (Å²) in [6.45, 7) is 15.6. The normalized spacial score (nSPS) is 30.1. The molecule has 3 unspecified atom stereocenters. The van der Waals surface area contributed by atoms with E-state index in [0.29, 0.717) is 16.2 Å². The predicted octanol–water partition coefficient (Wildman–Crippen LogP) is 3.21. The van der Waals surface area contributed by atoms with E-state index in [1.54, 1.807) is 0 Å². The topological polar surface area (TPSA) is 81.1 Å². The fourth-order valence-corrected chi connectivity index (χ4v) is 8.15. The molecule has 6 nitrogen and oxygen atoms in total. The van der Waals surface area contributed by atoms with Crippen molar-refractivity contribution in [1.29, 1.82) is 0 Å². The Morgan fingerprint density at radius 2 is 1.73 bits per heavy atom. The second kappa shape index (κ2) is 8.12. The number of piperazine rings is 1. The highest BCUT2D eigenvalue weighted by molar-refractivity contribution is 8.26. The molecule has 0 bridgehead atoms. The number of aliphatic carboxylic acids is 2. The monoisotopic (exact) mass is 402 g/mol. The van der Waals surface area contributed by atoms with Crippen molar-refractivity contribution >= 4 is 35.5 Å². The molecular weight excluding hydrogens is 372 g/mol. The Balaban J connectivity index is 2.65. The van der Waals surface area contributed by atoms with E-state index in [-0.39, 0.29) is 16.2 Å². The van der Waals surface area contributed by atoms with Gasteiger partial charge in [-0.15, -0.1) is 0 Å². The lowest BCUT2D eigenvalue weighted by molar-refractivity contribution is -0.140. The summed E-state index contributed by atoms with van der Waals surface area (Å²) in [7, 11) is 0. The first kappa shape index (κ1) is 21.6. The van der Waals surface area contributed by atoms with E-state index in [9.17, 15) is 19.8 Å². The van der Waals surface area contributed by atoms with Crippen LogP contribution in [0.15, 0.2) is 9.81 Å². The lowest BCUT2D eigenvalue weighted by atomic mass is 9.90. The average molecular weight is 403 g/mol. The molecule has 0 aromatic rings. The highest BCUT2D eigenvalue weighted by atomic mass is 32.2. The molecular formula is C18H30N2O4S2. The van der Waals surface area contributed by atoms with Crippen LogP contribution < -0.4 is 0 Å². The van der Waals surface area contributed by atoms with Gasteiger partial charge in [-0.1, -0.05) is 65.1 Å². The zero-order valence-electron chi connectivity index (χ0n) is 16.4. The van der Waals surface area contributed by atoms with E-state index < -0.39 is 17.5 Å². The van der Waals surface area contributed by atoms with Gasteiger partial charge in [0, 0.05) is 12.6 Å². The number of hydrogen-bond donors (Lipinski definition) is 2. The van der Waals surface area contributed by atoms with E-state index >= 15 is 0 Å². The molecule has 0 radical (unpaired) electrons. The van der Waals surface area contributed by atoms with Crippen molar-refractivity contribution in [3.8, 4) is 0 Å². The van der Waals surface area contributed by atoms with E-state index in [2.05, 4.69) is 51.3 Å². The van der Waals surface area contributed by atoms with Gasteiger partial charge in [0.05, 0.1) is 9.61 Å². The maximum atomic E-state index is 11.6. The maximum Gasteiger partial charge on any atom is 0.344 e. The highest BCUT2D eigenvalue weighted by Gasteiger charge is 2.60. The van der Waals surface area contributed by atoms with Crippen LogP contribution in [0.1, 0.15) is 41.5 Å². The standard InChI is InChI=1S/C18H30N2O4S2/c1-7-19-9-12(10(3)4)20(8-2)18(11(5)6)17(19)25-16(26-18)13(14(21)22)15(23)24/h10-12,17H,7-9H2,1-6H3,(H,21,22)(H,23,24). The van der Waals surface area contributed by atoms with Gasteiger partial charge in [-0.25, -0.2) is 9.59 Å². The second-order valence-corrected chi connectivity index (χ2v) is 10.1. The molecule has 0 amide bonds. The number of thioether (sulfide) groups is 2. The number of carboxylic acid groups (broad SMARTS) is 2. The molecule has 26 heavy (non-hydrogen) atoms. The molecule has 0 saturated carbocycles. The highest BCUT2D eigenvalue weighted by Crippen LogP contribution is 2.62. The first-order valence-electron chi connectivity index (χ1n) is 9.18. The van der Waals surface area contributed by atoms with E-state index in [0.717, 1.165) is 19.6 Å². The molecule has 0 aliphatic carbocycles. The Kier molecular flexibility index (Phi) is 6.75. The van der Waals surface area contributed by atoms with Gasteiger partial charge >= 0.3 is 11.9 Å². The number of carbonyl (C=O) groups is 2. The molecule has 3 atom stereocenters. The number of rotatable bonds is 6. The van der Waals surface area contributed by atoms with Crippen LogP contribution in [-0.4, -0.2) is 67.9 Å². The largest absolute Gasteiger partial charge is 0.477 e. The Morgan fingerprint density at radius 1 is 1.15 bits per heavy atom. The quantitative estimate of drug-likeness (QED) is 0.398. The van der Waals surface area contributed by atoms with Gasteiger partial charge in [0.25, 0.3) is 0 Å². The summed E-state index contributed by atoms with van der Waals surface area (Å²) in [5.41, 5.74) is -0.498. The van der Waals surface area contributed by atoms with Crippen LogP contribution in [0.2, 0.25) is 0 Å². The Bertz CT molecular complexity index is 592. The molecule has 8 heteroatoms. The van der Waals surface area contributed by atoms with E-state index in [4.69, 9.17) is 0 Å². The molecule has 148 valence electrons. The molecule has 2 aliphatic heterocycles. The molecule has 0 spiro atoms. The van der Waals surface area contributed by atoms with Crippen molar-refractivity contribution in [2.45, 2.75) is 57.8 Å². The number of nitrogens with zero attached hydrogens (tertiary/aromatic N) is 2. The van der Waals surface area contributed by atoms with Crippen molar-refractivity contribution in [3.05, 3.63) is 9.81 Å². The van der Waals surface area contributed by atoms with Crippen LogP contribution in [0.4, 0.5) is 0 Å². The summed E-state index contributed by atoms with van der Waals surface area (Å²) < 4.78 is 0.421. The van der Waals surface area contributed by atoms with E-state index in [1.165, 1.54) is 23.5 Å². The Labute approximate surface area is 164 Å². The van der Waals surface area contributed by atoms with E-state index in [1.807, 2.05) is 0 Å². The van der Waals surface area contributed by atoms with Crippen LogP contribution in [-0.2, 0) is 9.59 Å². The van der Waals surface area contributed by atoms with Gasteiger partial charge in [-0.05, 0) is 24.9 Å². The molecule has 0 aromatic heterocycles. The number of carboxylic acids is 2. The summed E-state index contributed by atoms with van der Waals surface area (Å²) in [5.74, 6) is -2.03. The minimum atomic E-state index is -1.36. The van der Waals surface area contributed by atoms with Crippen LogP contribution >= 0.6 is 23.5 Å². The van der Waals surface area contributed by atoms with Crippen LogP contribution in [0, 0.1) is 11.8 Å². The molecule has 2 saturated heterocycles. The predicted molar refractivity (Wildman–Crippen MR) is 107 cm³/mol. The SMILES string of the molecule is CCN1CC(C(C)C)N(CC)C2(C(C)C)SC(=C(C(=O)O)C(=O)O)SC12. The molecule has 2 N–H and O–H groups in total. The van der Waals surface area contributed by atoms with Crippen molar-refractivity contribution in [2.24, 2.45) is 11.8 Å². The van der Waals surface area contributed by atoms with Crippen LogP contribution in [0.3, 0.4) is 0 Å². The summed E-state index contributed by atoms with van der Waals surface area (Å²) in [6, 6.07) is 0.351. The zero-order valence-corrected chi connectivity index (χ0v) is 18.0. The Hall–Kier alpha value is -0.700. The van der Waals surface area contributed by atoms with Gasteiger partial charge in [-0.3, -0.25) is 9.80 Å². The van der Waals surface area contributed by atoms with Crippen molar-refractivity contribution in [3.63, 3.8) is 0 Å². The minimum absolute atomic E-state index is 0.0381. The van der Waals surface area contributed by atoms with Gasteiger partial charge < -0.3 is 10.2 Å². The zero-order chi connectivity index (χ0) is 19.8. The lowest BCUT2D eigenvalue weighted by Crippen LogP contribution is -2.70. The maximum absolute atomic E-state index is 11.6. The lowest BCUT2D eigenvalue weighted by Gasteiger charge is -2.58. The van der Waals surface area contributed by atoms with Crippen LogP contribution in [0.5, 0.6) is 0 Å². The molecule has 2 fully saturated rings. The summed E-state index contributed by atoms with van der Waals surface area (Å²) in [5, 5.41) is 18.9. The molecule has 2 heterocycles. The number of hydrogen-bond acceptors (Lipinski definition) is 6. The minimum Gasteiger partial charge on any atom is -0.477 e. The second-order valence-electron chi connectivity index (χ2n) is 7.44. The number of likely N-dealkylation sites (N-methyl/N-ethyl adjacent to an activating group) is 2. The summed E-state index contributed by atoms with van der Waals surface area (Å²) >= 11 is 2.87. The third-order valence-electron chi connectivity index (χ3n) is 5.41. The van der Waals surface area contributed by atoms with Gasteiger partial charge in [-0.2, -0.15) is 0 Å². The smallest absolute Gasteiger partial charge is 0.344 e. The Morgan fingerprint density at radius 3 is 2.12 bits per heavy atom. The third kappa shape index (κ3) is 3.41. The third-order valence-corrected chi connectivity index (χ3v) is 9.04. The van der Waals surface area contributed by atoms with Gasteiger partial charge in [0.2, 0.25) is 0 Å². The van der Waals surface area contributed by atoms with Gasteiger partial charge in [0.15, 0.2) is 5.57 Å². The van der Waals surface area contributed by atoms with Crippen LogP contribution in [0.25, 0.3) is 0 Å². The van der Waals surface area contributed by atoms with Crippen molar-refractivity contribution in [1.82, 2.24) is 9.80 Å². The fraction of sp³-hybridized carbons (Fsp3) is 0.778. The fourth-order valence-electron chi connectivity index (χ4n) is 4.10. The summed E-state index contributed by atoms with van der Waals surface area (Å²) in [4.78, 5) is 27.7. The molecule has 2 aliphatic rings. The molecule has 2 rings (SSSR count). The first-order chi connectivity index (χ1) is 12.1. The van der Waals surface area contributed by atoms with Crippen molar-refractivity contribution < 1.29 is 19.8 Å². The molecule has 0 aromatic carbocycles.